The average molecular weight is 348 g/mol. The summed E-state index contributed by atoms with van der Waals surface area (Å²) in [4.78, 5) is 24.6. The Labute approximate surface area is 144 Å². The summed E-state index contributed by atoms with van der Waals surface area (Å²) in [5, 5.41) is 6.71. The number of aryl methyl sites for hydroxylation is 1. The maximum atomic E-state index is 12.7. The predicted octanol–water partition coefficient (Wildman–Crippen LogP) is 2.67. The number of thioether (sulfide) groups is 1. The van der Waals surface area contributed by atoms with E-state index in [4.69, 9.17) is 9.26 Å². The first-order chi connectivity index (χ1) is 11.6. The SMILES string of the molecule is COC(=O)[C@H](CCSC)NC(=O)c1c(-c2ccccc2)noc1C. The fourth-order valence-electron chi connectivity index (χ4n) is 2.29. The van der Waals surface area contributed by atoms with Crippen LogP contribution in [0.3, 0.4) is 0 Å². The second-order valence-electron chi connectivity index (χ2n) is 5.16. The summed E-state index contributed by atoms with van der Waals surface area (Å²) < 4.78 is 9.96. The van der Waals surface area contributed by atoms with Gasteiger partial charge in [-0.05, 0) is 25.4 Å². The van der Waals surface area contributed by atoms with E-state index >= 15 is 0 Å². The predicted molar refractivity (Wildman–Crippen MR) is 92.9 cm³/mol. The van der Waals surface area contributed by atoms with Gasteiger partial charge in [0.1, 0.15) is 23.1 Å². The first kappa shape index (κ1) is 18.1. The van der Waals surface area contributed by atoms with Crippen molar-refractivity contribution in [3.63, 3.8) is 0 Å². The van der Waals surface area contributed by atoms with E-state index < -0.39 is 17.9 Å². The molecule has 6 nitrogen and oxygen atoms in total. The molecule has 0 unspecified atom stereocenters. The number of nitrogens with zero attached hydrogens (tertiary/aromatic N) is 1. The van der Waals surface area contributed by atoms with Crippen LogP contribution in [0.4, 0.5) is 0 Å². The van der Waals surface area contributed by atoms with Gasteiger partial charge in [0.05, 0.1) is 7.11 Å². The number of hydrogen-bond acceptors (Lipinski definition) is 6. The lowest BCUT2D eigenvalue weighted by Crippen LogP contribution is -2.42. The molecule has 0 bridgehead atoms. The Morgan fingerprint density at radius 1 is 1.33 bits per heavy atom. The van der Waals surface area contributed by atoms with Gasteiger partial charge < -0.3 is 14.6 Å². The van der Waals surface area contributed by atoms with E-state index in [0.29, 0.717) is 23.4 Å². The van der Waals surface area contributed by atoms with Crippen molar-refractivity contribution >= 4 is 23.6 Å². The molecule has 0 aliphatic rings. The first-order valence-electron chi connectivity index (χ1n) is 7.47. The summed E-state index contributed by atoms with van der Waals surface area (Å²) in [6.45, 7) is 1.67. The van der Waals surface area contributed by atoms with E-state index in [-0.39, 0.29) is 0 Å². The van der Waals surface area contributed by atoms with E-state index in [9.17, 15) is 9.59 Å². The molecule has 1 aromatic carbocycles. The zero-order valence-electron chi connectivity index (χ0n) is 13.9. The molecule has 0 radical (unpaired) electrons. The summed E-state index contributed by atoms with van der Waals surface area (Å²) in [5.74, 6) is 0.269. The Morgan fingerprint density at radius 2 is 2.04 bits per heavy atom. The number of rotatable bonds is 7. The highest BCUT2D eigenvalue weighted by Gasteiger charge is 2.27. The van der Waals surface area contributed by atoms with Gasteiger partial charge in [0.15, 0.2) is 0 Å². The van der Waals surface area contributed by atoms with Crippen LogP contribution in [-0.2, 0) is 9.53 Å². The van der Waals surface area contributed by atoms with Crippen molar-refractivity contribution in [2.75, 3.05) is 19.1 Å². The molecule has 1 aromatic heterocycles. The third-order valence-corrected chi connectivity index (χ3v) is 4.18. The Morgan fingerprint density at radius 3 is 2.67 bits per heavy atom. The molecule has 1 N–H and O–H groups in total. The van der Waals surface area contributed by atoms with Crippen LogP contribution < -0.4 is 5.32 Å². The van der Waals surface area contributed by atoms with Crippen LogP contribution in [0.5, 0.6) is 0 Å². The Balaban J connectivity index is 2.26. The lowest BCUT2D eigenvalue weighted by atomic mass is 10.1. The van der Waals surface area contributed by atoms with E-state index in [2.05, 4.69) is 10.5 Å². The van der Waals surface area contributed by atoms with Gasteiger partial charge in [0.25, 0.3) is 5.91 Å². The van der Waals surface area contributed by atoms with Gasteiger partial charge in [-0.15, -0.1) is 0 Å². The molecule has 0 aliphatic heterocycles. The highest BCUT2D eigenvalue weighted by Crippen LogP contribution is 2.25. The maximum absolute atomic E-state index is 12.7. The molecule has 0 spiro atoms. The third kappa shape index (κ3) is 4.17. The van der Waals surface area contributed by atoms with Gasteiger partial charge in [-0.3, -0.25) is 4.79 Å². The van der Waals surface area contributed by atoms with Gasteiger partial charge in [0, 0.05) is 5.56 Å². The number of nitrogens with one attached hydrogen (secondary N) is 1. The molecule has 2 aromatic rings. The molecule has 2 rings (SSSR count). The molecule has 1 amide bonds. The van der Waals surface area contributed by atoms with Gasteiger partial charge in [-0.25, -0.2) is 4.79 Å². The monoisotopic (exact) mass is 348 g/mol. The summed E-state index contributed by atoms with van der Waals surface area (Å²) in [5.41, 5.74) is 1.57. The topological polar surface area (TPSA) is 81.4 Å². The normalized spacial score (nSPS) is 11.8. The molecule has 128 valence electrons. The molecule has 0 saturated heterocycles. The highest BCUT2D eigenvalue weighted by atomic mass is 32.2. The maximum Gasteiger partial charge on any atom is 0.328 e. The van der Waals surface area contributed by atoms with Crippen LogP contribution in [0.2, 0.25) is 0 Å². The van der Waals surface area contributed by atoms with Crippen molar-refractivity contribution in [2.45, 2.75) is 19.4 Å². The van der Waals surface area contributed by atoms with E-state index in [0.717, 1.165) is 11.3 Å². The fourth-order valence-corrected chi connectivity index (χ4v) is 2.76. The van der Waals surface area contributed by atoms with Gasteiger partial charge >= 0.3 is 5.97 Å². The van der Waals surface area contributed by atoms with Crippen LogP contribution >= 0.6 is 11.8 Å². The smallest absolute Gasteiger partial charge is 0.328 e. The largest absolute Gasteiger partial charge is 0.467 e. The number of esters is 1. The molecule has 7 heteroatoms. The quantitative estimate of drug-likeness (QED) is 0.775. The van der Waals surface area contributed by atoms with Crippen LogP contribution in [0.1, 0.15) is 22.5 Å². The van der Waals surface area contributed by atoms with Crippen LogP contribution in [0, 0.1) is 6.92 Å². The van der Waals surface area contributed by atoms with Crippen molar-refractivity contribution in [2.24, 2.45) is 0 Å². The van der Waals surface area contributed by atoms with Gasteiger partial charge in [-0.2, -0.15) is 11.8 Å². The lowest BCUT2D eigenvalue weighted by Gasteiger charge is -2.16. The number of methoxy groups -OCH3 is 1. The van der Waals surface area contributed by atoms with Crippen LogP contribution in [0.25, 0.3) is 11.3 Å². The number of benzene rings is 1. The average Bonchev–Trinajstić information content (AvgIpc) is 3.00. The second kappa shape index (κ2) is 8.54. The number of ether oxygens (including phenoxy) is 1. The Kier molecular flexibility index (Phi) is 6.43. The number of amides is 1. The molecule has 0 aliphatic carbocycles. The van der Waals surface area contributed by atoms with E-state index in [1.165, 1.54) is 7.11 Å². The van der Waals surface area contributed by atoms with Crippen LogP contribution in [0.15, 0.2) is 34.9 Å². The minimum absolute atomic E-state index is 0.333. The number of carbonyl (C=O) groups is 2. The molecule has 24 heavy (non-hydrogen) atoms. The number of aromatic nitrogens is 1. The zero-order valence-corrected chi connectivity index (χ0v) is 14.7. The third-order valence-electron chi connectivity index (χ3n) is 3.54. The summed E-state index contributed by atoms with van der Waals surface area (Å²) in [6.07, 6.45) is 2.43. The van der Waals surface area contributed by atoms with Crippen molar-refractivity contribution in [1.82, 2.24) is 10.5 Å². The highest BCUT2D eigenvalue weighted by molar-refractivity contribution is 7.98. The van der Waals surface area contributed by atoms with Crippen molar-refractivity contribution in [3.05, 3.63) is 41.7 Å². The minimum Gasteiger partial charge on any atom is -0.467 e. The summed E-state index contributed by atoms with van der Waals surface area (Å²) in [6, 6.07) is 8.59. The van der Waals surface area contributed by atoms with Crippen molar-refractivity contribution in [1.29, 1.82) is 0 Å². The fraction of sp³-hybridized carbons (Fsp3) is 0.353. The summed E-state index contributed by atoms with van der Waals surface area (Å²) in [7, 11) is 1.31. The first-order valence-corrected chi connectivity index (χ1v) is 8.87. The molecule has 1 heterocycles. The molecule has 0 fully saturated rings. The number of carbonyl (C=O) groups excluding carboxylic acids is 2. The van der Waals surface area contributed by atoms with Crippen LogP contribution in [-0.4, -0.2) is 42.2 Å². The molecule has 0 saturated carbocycles. The summed E-state index contributed by atoms with van der Waals surface area (Å²) >= 11 is 1.60. The van der Waals surface area contributed by atoms with Crippen molar-refractivity contribution in [3.8, 4) is 11.3 Å². The minimum atomic E-state index is -0.701. The number of hydrogen-bond donors (Lipinski definition) is 1. The van der Waals surface area contributed by atoms with E-state index in [1.54, 1.807) is 18.7 Å². The molecular formula is C17H20N2O4S. The second-order valence-corrected chi connectivity index (χ2v) is 6.14. The standard InChI is InChI=1S/C17H20N2O4S/c1-11-14(15(19-23-11)12-7-5-4-6-8-12)16(20)18-13(9-10-24-3)17(21)22-2/h4-8,13H,9-10H2,1-3H3,(H,18,20)/t13-/m0/s1. The lowest BCUT2D eigenvalue weighted by molar-refractivity contribution is -0.142. The molecule has 1 atom stereocenters. The zero-order chi connectivity index (χ0) is 17.5. The molecular weight excluding hydrogens is 328 g/mol. The Bertz CT molecular complexity index is 700. The Hall–Kier alpha value is -2.28. The van der Waals surface area contributed by atoms with Crippen molar-refractivity contribution < 1.29 is 18.8 Å². The van der Waals surface area contributed by atoms with Gasteiger partial charge in [0.2, 0.25) is 0 Å². The van der Waals surface area contributed by atoms with Gasteiger partial charge in [-0.1, -0.05) is 35.5 Å². The van der Waals surface area contributed by atoms with E-state index in [1.807, 2.05) is 36.6 Å².